The molecule has 0 saturated carbocycles. The first-order valence-corrected chi connectivity index (χ1v) is 38.7. The molecule has 3 amide bonds. The van der Waals surface area contributed by atoms with E-state index >= 15 is 0 Å². The molecule has 3 saturated heterocycles. The zero-order valence-corrected chi connectivity index (χ0v) is 65.6. The molecule has 15 aromatic rings. The number of hydrogen-bond acceptors (Lipinski definition) is 35. The predicted octanol–water partition coefficient (Wildman–Crippen LogP) is 5.51. The molecule has 0 radical (unpaired) electrons. The normalized spacial score (nSPS) is 13.6. The van der Waals surface area contributed by atoms with E-state index in [9.17, 15) is 28.8 Å². The number of thiazole rings is 3. The first-order valence-electron chi connectivity index (χ1n) is 36.2. The number of nitrogens with one attached hydrogen (secondary N) is 3. The highest BCUT2D eigenvalue weighted by Crippen LogP contribution is 2.42. The molecule has 18 rings (SSSR count). The molecule has 3 N–H and O–H groups in total. The third kappa shape index (κ3) is 15.1. The van der Waals surface area contributed by atoms with Crippen LogP contribution in [0.15, 0.2) is 129 Å². The summed E-state index contributed by atoms with van der Waals surface area (Å²) in [5.41, 5.74) is 4.27. The number of rotatable bonds is 21. The molecule has 0 atom stereocenters. The van der Waals surface area contributed by atoms with Crippen molar-refractivity contribution in [3.63, 3.8) is 0 Å². The van der Waals surface area contributed by atoms with Gasteiger partial charge < -0.3 is 68.0 Å². The number of fused-ring (bicyclic) bond motifs is 3. The lowest BCUT2D eigenvalue weighted by atomic mass is 10.1. The van der Waals surface area contributed by atoms with Crippen molar-refractivity contribution in [1.82, 2.24) is 135 Å². The van der Waals surface area contributed by atoms with Crippen LogP contribution < -0.4 is 38.4 Å². The van der Waals surface area contributed by atoms with E-state index < -0.39 is 35.1 Å². The predicted molar refractivity (Wildman–Crippen MR) is 424 cm³/mol. The number of aromatic nitrogens is 24. The van der Waals surface area contributed by atoms with Crippen molar-refractivity contribution in [2.24, 2.45) is 0 Å². The summed E-state index contributed by atoms with van der Waals surface area (Å²) in [5, 5.41) is 39.3. The molecule has 0 spiro atoms. The zero-order chi connectivity index (χ0) is 80.8. The van der Waals surface area contributed by atoms with Gasteiger partial charge in [0, 0.05) is 122 Å². The van der Waals surface area contributed by atoms with Crippen LogP contribution in [0.1, 0.15) is 43.0 Å². The van der Waals surface area contributed by atoms with Gasteiger partial charge in [-0.15, -0.1) is 11.3 Å². The Labute approximate surface area is 673 Å². The van der Waals surface area contributed by atoms with Crippen LogP contribution in [0.3, 0.4) is 0 Å². The highest BCUT2D eigenvalue weighted by atomic mass is 32.1. The van der Waals surface area contributed by atoms with Crippen molar-refractivity contribution in [2.75, 3.05) is 128 Å². The fraction of sp³-hybridized carbons (Fsp3) is 0.260. The topological polar surface area (TPSA) is 462 Å². The zero-order valence-electron chi connectivity index (χ0n) is 63.1. The Bertz CT molecular complexity index is 6130. The molecule has 3 fully saturated rings. The average molecular weight is 1640 g/mol. The molecule has 0 unspecified atom stereocenters. The standard InChI is InChI=1S/C25H24N10O4S.C24H22N10O4S.C24H22N10O3S/c1-3-39-25-29-14-17(40-25)20-21-19(16(38-2)13-28-20)15(12-27-21)22(36)23(37)33-8-10-34(11-9-33)24-30-31-32-35(24)18-6-4-5-7-26-18;1-37-15-12-27-19(16-13-28-24(38-2)39-16)20-18(15)14(11-26-20)21(35)22(36)32-7-9-33(10-8-32)23-29-30-31-34(23)17-5-3-4-6-25-17;1-14-26-13-17(38-14)20-21-19(16(37-2)12-28-20)15(11-27-21)22(35)23(36)32-7-9-33(10-8-32)24-29-30-31-34(24)18-5-3-4-6-25-18/h4-7,12-14,27H,3,8-11H2,1-2H3;3-6,11-13,26H,7-10H2,1-2H3;3-6,11-13,27H,7-10H2,1-2H3. The molecule has 18 heterocycles. The fourth-order valence-electron chi connectivity index (χ4n) is 13.5. The van der Waals surface area contributed by atoms with Gasteiger partial charge in [0.25, 0.3) is 63.3 Å². The number of piperazine rings is 3. The Morgan fingerprint density at radius 2 is 0.726 bits per heavy atom. The maximum Gasteiger partial charge on any atom is 0.295 e. The number of anilines is 3. The van der Waals surface area contributed by atoms with E-state index in [1.165, 1.54) is 85.0 Å². The van der Waals surface area contributed by atoms with Crippen LogP contribution in [0.4, 0.5) is 17.8 Å². The number of methoxy groups -OCH3 is 4. The summed E-state index contributed by atoms with van der Waals surface area (Å²) < 4.78 is 31.8. The number of H-pyrrole nitrogens is 3. The van der Waals surface area contributed by atoms with Crippen molar-refractivity contribution in [3.05, 3.63) is 151 Å². The quantitative estimate of drug-likeness (QED) is 0.0589. The summed E-state index contributed by atoms with van der Waals surface area (Å²) in [5.74, 6) is 0.874. The number of pyridine rings is 6. The summed E-state index contributed by atoms with van der Waals surface area (Å²) in [4.78, 5) is 142. The number of ketones is 3. The number of aryl methyl sites for hydroxylation is 1. The molecule has 0 aromatic carbocycles. The first kappa shape index (κ1) is 76.4. The van der Waals surface area contributed by atoms with E-state index in [0.29, 0.717) is 198 Å². The van der Waals surface area contributed by atoms with E-state index in [1.807, 2.05) is 77.1 Å². The second-order valence-corrected chi connectivity index (χ2v) is 29.0. The van der Waals surface area contributed by atoms with Gasteiger partial charge in [-0.05, 0) is 81.5 Å². The molecule has 0 bridgehead atoms. The van der Waals surface area contributed by atoms with Crippen LogP contribution in [0.25, 0.3) is 81.9 Å². The number of Topliss-reactive ketones (excluding diaryl/α,β-unsaturated/α-hetero) is 3. The third-order valence-corrected chi connectivity index (χ3v) is 22.0. The number of carbonyl (C=O) groups excluding carboxylic acids is 6. The molecule has 3 aliphatic heterocycles. The maximum atomic E-state index is 13.5. The second-order valence-electron chi connectivity index (χ2n) is 25.8. The number of ether oxygens (including phenoxy) is 5. The Hall–Kier alpha value is -14.6. The van der Waals surface area contributed by atoms with E-state index in [0.717, 1.165) is 19.6 Å². The van der Waals surface area contributed by atoms with Crippen molar-refractivity contribution in [2.45, 2.75) is 13.8 Å². The van der Waals surface area contributed by atoms with Gasteiger partial charge in [0.1, 0.15) is 34.3 Å². The SMILES string of the molecule is CCOc1ncc(-c2ncc(OC)c3c(C(=O)C(=O)N4CCN(c5nnnn5-c5ccccn5)CC4)c[nH]c23)s1.COc1cnc(-c2cnc(C)s2)c2[nH]cc(C(=O)C(=O)N3CCN(c4nnnn4-c4ccccn4)CC3)c12.COc1ncc(-c2ncc(OC)c3c(C(=O)C(=O)N4CCN(c5nnnn5-c5ccccn5)CC4)c[nH]c23)s1. The van der Waals surface area contributed by atoms with Crippen molar-refractivity contribution >= 4 is 120 Å². The lowest BCUT2D eigenvalue weighted by Crippen LogP contribution is -2.51. The average Bonchev–Trinajstić information content (AvgIpc) is 1.62. The van der Waals surface area contributed by atoms with Crippen LogP contribution in [0, 0.1) is 6.92 Å². The molecular weight excluding hydrogens is 1570 g/mol. The molecule has 3 aliphatic rings. The number of hydrogen-bond donors (Lipinski definition) is 3. The number of nitrogens with zero attached hydrogens (tertiary/aromatic N) is 27. The maximum absolute atomic E-state index is 13.5. The van der Waals surface area contributed by atoms with Crippen molar-refractivity contribution in [3.8, 4) is 76.8 Å². The summed E-state index contributed by atoms with van der Waals surface area (Å²) in [6.45, 7) is 9.00. The highest BCUT2D eigenvalue weighted by molar-refractivity contribution is 7.17. The summed E-state index contributed by atoms with van der Waals surface area (Å²) in [6.07, 6.45) is 19.3. The monoisotopic (exact) mass is 1640 g/mol. The lowest BCUT2D eigenvalue weighted by Gasteiger charge is -2.34. The third-order valence-electron chi connectivity index (χ3n) is 19.2. The Morgan fingerprint density at radius 3 is 1.03 bits per heavy atom. The van der Waals surface area contributed by atoms with Gasteiger partial charge in [0.05, 0.1) is 135 Å². The molecule has 41 nitrogen and oxygen atoms in total. The Morgan fingerprint density at radius 1 is 0.393 bits per heavy atom. The molecule has 594 valence electrons. The number of tetrazole rings is 3. The Balaban J connectivity index is 0.000000131. The molecule has 0 aliphatic carbocycles. The molecule has 117 heavy (non-hydrogen) atoms. The molecule has 44 heteroatoms. The van der Waals surface area contributed by atoms with Gasteiger partial charge >= 0.3 is 0 Å². The van der Waals surface area contributed by atoms with E-state index in [1.54, 1.807) is 86.6 Å². The van der Waals surface area contributed by atoms with Gasteiger partial charge in [-0.3, -0.25) is 28.8 Å². The van der Waals surface area contributed by atoms with Gasteiger partial charge in [-0.2, -0.15) is 14.0 Å². The van der Waals surface area contributed by atoms with Crippen molar-refractivity contribution in [1.29, 1.82) is 0 Å². The van der Waals surface area contributed by atoms with E-state index in [4.69, 9.17) is 23.7 Å². The van der Waals surface area contributed by atoms with Gasteiger partial charge in [0.15, 0.2) is 17.5 Å². The van der Waals surface area contributed by atoms with Crippen LogP contribution in [-0.2, 0) is 14.4 Å². The number of amides is 3. The summed E-state index contributed by atoms with van der Waals surface area (Å²) in [7, 11) is 6.04. The number of carbonyl (C=O) groups is 6. The van der Waals surface area contributed by atoms with E-state index in [-0.39, 0.29) is 16.7 Å². The van der Waals surface area contributed by atoms with E-state index in [2.05, 4.69) is 106 Å². The Kier molecular flexibility index (Phi) is 22.0. The van der Waals surface area contributed by atoms with Crippen LogP contribution in [0.2, 0.25) is 0 Å². The minimum Gasteiger partial charge on any atom is -0.494 e. The first-order chi connectivity index (χ1) is 57.2. The minimum atomic E-state index is -0.634. The van der Waals surface area contributed by atoms with Gasteiger partial charge in [-0.25, -0.2) is 44.9 Å². The second kappa shape index (κ2) is 33.6. The summed E-state index contributed by atoms with van der Waals surface area (Å²) >= 11 is 4.16. The van der Waals surface area contributed by atoms with Gasteiger partial charge in [-0.1, -0.05) is 56.2 Å². The highest BCUT2D eigenvalue weighted by Gasteiger charge is 2.36. The minimum absolute atomic E-state index is 0.216. The van der Waals surface area contributed by atoms with Crippen LogP contribution >= 0.6 is 34.0 Å². The molecule has 15 aromatic heterocycles. The van der Waals surface area contributed by atoms with Gasteiger partial charge in [0.2, 0.25) is 0 Å². The van der Waals surface area contributed by atoms with Crippen molar-refractivity contribution < 1.29 is 52.5 Å². The lowest BCUT2D eigenvalue weighted by molar-refractivity contribution is -0.127. The van der Waals surface area contributed by atoms with Crippen LogP contribution in [-0.4, -0.2) is 284 Å². The van der Waals surface area contributed by atoms with Crippen LogP contribution in [0.5, 0.6) is 27.6 Å². The largest absolute Gasteiger partial charge is 0.494 e. The molecular formula is C73H68N30O11S3. The number of aromatic amines is 3. The smallest absolute Gasteiger partial charge is 0.295 e. The summed E-state index contributed by atoms with van der Waals surface area (Å²) in [6, 6.07) is 16.4. The fourth-order valence-corrected chi connectivity index (χ4v) is 15.9.